The molecule has 0 atom stereocenters. The number of phenols is 2. The molecule has 0 bridgehead atoms. The van der Waals surface area contributed by atoms with E-state index in [2.05, 4.69) is 33.9 Å². The minimum Gasteiger partial charge on any atom is -0.504 e. The molecular weight excluding hydrogens is 402 g/mol. The average Bonchev–Trinajstić information content (AvgIpc) is 3.24. The molecule has 1 aromatic heterocycles. The van der Waals surface area contributed by atoms with Crippen molar-refractivity contribution in [2.45, 2.75) is 0 Å². The summed E-state index contributed by atoms with van der Waals surface area (Å²) in [6.07, 6.45) is 0. The summed E-state index contributed by atoms with van der Waals surface area (Å²) in [6.45, 7) is 7.02. The smallest absolute Gasteiger partial charge is 0.257 e. The molecule has 154 valence electrons. The van der Waals surface area contributed by atoms with E-state index in [9.17, 15) is 15.0 Å². The second-order valence-electron chi connectivity index (χ2n) is 6.82. The van der Waals surface area contributed by atoms with Crippen LogP contribution in [0.2, 0.25) is 0 Å². The van der Waals surface area contributed by atoms with Crippen molar-refractivity contribution in [3.63, 3.8) is 0 Å². The van der Waals surface area contributed by atoms with Gasteiger partial charge in [-0.05, 0) is 29.8 Å². The first-order chi connectivity index (χ1) is 14.5. The lowest BCUT2D eigenvalue weighted by molar-refractivity contribution is -0.111. The average molecular weight is 423 g/mol. The van der Waals surface area contributed by atoms with Crippen LogP contribution in [-0.4, -0.2) is 47.4 Å². The lowest BCUT2D eigenvalue weighted by Gasteiger charge is -2.28. The topological polar surface area (TPSA) is 94.9 Å². The maximum absolute atomic E-state index is 12.5. The number of thiazole rings is 1. The monoisotopic (exact) mass is 423 g/mol. The van der Waals surface area contributed by atoms with Gasteiger partial charge in [0.05, 0.1) is 18.9 Å². The van der Waals surface area contributed by atoms with E-state index in [4.69, 9.17) is 4.74 Å². The van der Waals surface area contributed by atoms with E-state index in [1.54, 1.807) is 0 Å². The van der Waals surface area contributed by atoms with Crippen molar-refractivity contribution in [3.8, 4) is 22.8 Å². The number of carbonyl (C=O) groups is 1. The SMILES string of the molecule is C=C(C(=O)Nc1nc(-c2ccc(N3CCOCC3)cc2)cs1)c1ccc(O)c(O)c1. The first kappa shape index (κ1) is 19.9. The van der Waals surface area contributed by atoms with Crippen molar-refractivity contribution in [1.82, 2.24) is 4.98 Å². The molecule has 0 saturated carbocycles. The third kappa shape index (κ3) is 4.29. The van der Waals surface area contributed by atoms with Gasteiger partial charge in [0.1, 0.15) is 0 Å². The summed E-state index contributed by atoms with van der Waals surface area (Å²) in [6, 6.07) is 12.3. The Labute approximate surface area is 177 Å². The maximum Gasteiger partial charge on any atom is 0.257 e. The van der Waals surface area contributed by atoms with E-state index in [1.807, 2.05) is 17.5 Å². The quantitative estimate of drug-likeness (QED) is 0.428. The zero-order valence-electron chi connectivity index (χ0n) is 16.2. The molecule has 0 radical (unpaired) electrons. The van der Waals surface area contributed by atoms with Gasteiger partial charge in [0.2, 0.25) is 0 Å². The van der Waals surface area contributed by atoms with E-state index in [0.29, 0.717) is 10.7 Å². The Morgan fingerprint density at radius 3 is 2.53 bits per heavy atom. The number of nitrogens with one attached hydrogen (secondary N) is 1. The highest BCUT2D eigenvalue weighted by atomic mass is 32.1. The fourth-order valence-electron chi connectivity index (χ4n) is 3.14. The number of hydrogen-bond acceptors (Lipinski definition) is 7. The van der Waals surface area contributed by atoms with Crippen LogP contribution in [0, 0.1) is 0 Å². The molecular formula is C22H21N3O4S. The highest BCUT2D eigenvalue weighted by Crippen LogP contribution is 2.30. The standard InChI is InChI=1S/C22H21N3O4S/c1-14(16-4-7-19(26)20(27)12-16)21(28)24-22-23-18(13-30-22)15-2-5-17(6-3-15)25-8-10-29-11-9-25/h2-7,12-13,26-27H,1,8-11H2,(H,23,24,28). The van der Waals surface area contributed by atoms with Crippen LogP contribution in [0.5, 0.6) is 11.5 Å². The lowest BCUT2D eigenvalue weighted by Crippen LogP contribution is -2.36. The molecule has 1 fully saturated rings. The summed E-state index contributed by atoms with van der Waals surface area (Å²) in [5, 5.41) is 24.1. The summed E-state index contributed by atoms with van der Waals surface area (Å²) in [7, 11) is 0. The number of phenolic OH excluding ortho intramolecular Hbond substituents is 2. The Morgan fingerprint density at radius 2 is 1.83 bits per heavy atom. The molecule has 0 aliphatic carbocycles. The molecule has 3 N–H and O–H groups in total. The van der Waals surface area contributed by atoms with Crippen molar-refractivity contribution < 1.29 is 19.7 Å². The van der Waals surface area contributed by atoms with Crippen LogP contribution in [0.3, 0.4) is 0 Å². The molecule has 1 aliphatic rings. The van der Waals surface area contributed by atoms with Crippen molar-refractivity contribution in [3.05, 3.63) is 60.0 Å². The van der Waals surface area contributed by atoms with Gasteiger partial charge in [0, 0.05) is 35.3 Å². The van der Waals surface area contributed by atoms with Crippen molar-refractivity contribution in [2.24, 2.45) is 0 Å². The summed E-state index contributed by atoms with van der Waals surface area (Å²) in [5.41, 5.74) is 3.47. The molecule has 1 amide bonds. The van der Waals surface area contributed by atoms with Gasteiger partial charge in [0.15, 0.2) is 16.6 Å². The second kappa shape index (κ2) is 8.56. The summed E-state index contributed by atoms with van der Waals surface area (Å²) in [4.78, 5) is 19.2. The molecule has 0 unspecified atom stereocenters. The largest absolute Gasteiger partial charge is 0.504 e. The van der Waals surface area contributed by atoms with Crippen LogP contribution in [0.1, 0.15) is 5.56 Å². The van der Waals surface area contributed by atoms with Crippen molar-refractivity contribution in [2.75, 3.05) is 36.5 Å². The van der Waals surface area contributed by atoms with E-state index >= 15 is 0 Å². The molecule has 3 aromatic rings. The number of carbonyl (C=O) groups excluding carboxylic acids is 1. The number of anilines is 2. The number of ether oxygens (including phenoxy) is 1. The number of morpholine rings is 1. The lowest BCUT2D eigenvalue weighted by atomic mass is 10.1. The number of benzene rings is 2. The number of aromatic nitrogens is 1. The predicted molar refractivity (Wildman–Crippen MR) is 118 cm³/mol. The third-order valence-corrected chi connectivity index (χ3v) is 5.62. The Bertz CT molecular complexity index is 1070. The van der Waals surface area contributed by atoms with Crippen LogP contribution < -0.4 is 10.2 Å². The molecule has 2 aromatic carbocycles. The number of aromatic hydroxyl groups is 2. The van der Waals surface area contributed by atoms with Gasteiger partial charge in [-0.15, -0.1) is 11.3 Å². The molecule has 1 aliphatic heterocycles. The van der Waals surface area contributed by atoms with Crippen molar-refractivity contribution in [1.29, 1.82) is 0 Å². The van der Waals surface area contributed by atoms with E-state index in [-0.39, 0.29) is 17.1 Å². The number of hydrogen-bond donors (Lipinski definition) is 3. The van der Waals surface area contributed by atoms with E-state index in [0.717, 1.165) is 43.2 Å². The zero-order chi connectivity index (χ0) is 21.1. The number of nitrogens with zero attached hydrogens (tertiary/aromatic N) is 2. The molecule has 1 saturated heterocycles. The Kier molecular flexibility index (Phi) is 5.69. The molecule has 30 heavy (non-hydrogen) atoms. The van der Waals surface area contributed by atoms with Gasteiger partial charge in [-0.25, -0.2) is 4.98 Å². The molecule has 8 heteroatoms. The zero-order valence-corrected chi connectivity index (χ0v) is 17.0. The minimum atomic E-state index is -0.427. The maximum atomic E-state index is 12.5. The first-order valence-corrected chi connectivity index (χ1v) is 10.3. The Hall–Kier alpha value is -3.36. The van der Waals surface area contributed by atoms with Gasteiger partial charge in [-0.1, -0.05) is 24.8 Å². The molecule has 2 heterocycles. The summed E-state index contributed by atoms with van der Waals surface area (Å²) in [5.74, 6) is -0.988. The van der Waals surface area contributed by atoms with Crippen molar-refractivity contribution >= 4 is 33.6 Å². The predicted octanol–water partition coefficient (Wildman–Crippen LogP) is 3.71. The first-order valence-electron chi connectivity index (χ1n) is 9.42. The van der Waals surface area contributed by atoms with Crippen LogP contribution in [-0.2, 0) is 9.53 Å². The highest BCUT2D eigenvalue weighted by Gasteiger charge is 2.15. The number of amides is 1. The normalized spacial score (nSPS) is 13.8. The fourth-order valence-corrected chi connectivity index (χ4v) is 3.86. The van der Waals surface area contributed by atoms with Crippen LogP contribution in [0.15, 0.2) is 54.4 Å². The Balaban J connectivity index is 1.42. The molecule has 7 nitrogen and oxygen atoms in total. The fraction of sp³-hybridized carbons (Fsp3) is 0.182. The summed E-state index contributed by atoms with van der Waals surface area (Å²) < 4.78 is 5.39. The molecule has 0 spiro atoms. The van der Waals surface area contributed by atoms with E-state index < -0.39 is 5.91 Å². The van der Waals surface area contributed by atoms with Crippen LogP contribution >= 0.6 is 11.3 Å². The van der Waals surface area contributed by atoms with Crippen LogP contribution in [0.4, 0.5) is 10.8 Å². The van der Waals surface area contributed by atoms with Crippen LogP contribution in [0.25, 0.3) is 16.8 Å². The second-order valence-corrected chi connectivity index (χ2v) is 7.68. The third-order valence-electron chi connectivity index (χ3n) is 4.86. The van der Waals surface area contributed by atoms with Gasteiger partial charge in [-0.3, -0.25) is 10.1 Å². The number of rotatable bonds is 5. The van der Waals surface area contributed by atoms with Gasteiger partial charge < -0.3 is 19.8 Å². The van der Waals surface area contributed by atoms with E-state index in [1.165, 1.54) is 29.5 Å². The van der Waals surface area contributed by atoms with Gasteiger partial charge >= 0.3 is 0 Å². The van der Waals surface area contributed by atoms with Gasteiger partial charge in [-0.2, -0.15) is 0 Å². The Morgan fingerprint density at radius 1 is 1.10 bits per heavy atom. The summed E-state index contributed by atoms with van der Waals surface area (Å²) >= 11 is 1.32. The molecule has 4 rings (SSSR count). The minimum absolute atomic E-state index is 0.164. The highest BCUT2D eigenvalue weighted by molar-refractivity contribution is 7.14. The van der Waals surface area contributed by atoms with Gasteiger partial charge in [0.25, 0.3) is 5.91 Å².